The van der Waals surface area contributed by atoms with Gasteiger partial charge in [-0.05, 0) is 35.9 Å². The summed E-state index contributed by atoms with van der Waals surface area (Å²) < 4.78 is 13.1. The topological polar surface area (TPSA) is 66.9 Å². The molecule has 3 nitrogen and oxygen atoms in total. The maximum atomic E-state index is 13.1. The monoisotopic (exact) mass is 320 g/mol. The molecule has 0 heterocycles. The van der Waals surface area contributed by atoms with E-state index in [1.165, 1.54) is 30.0 Å². The van der Waals surface area contributed by atoms with E-state index in [4.69, 9.17) is 22.6 Å². The largest absolute Gasteiger partial charge is 0.368 e. The summed E-state index contributed by atoms with van der Waals surface area (Å²) in [5.41, 5.74) is 6.59. The highest BCUT2D eigenvalue weighted by atomic mass is 35.5. The molecule has 106 valence electrons. The van der Waals surface area contributed by atoms with Gasteiger partial charge in [0.1, 0.15) is 11.1 Å². The highest BCUT2D eigenvalue weighted by molar-refractivity contribution is 8.00. The minimum absolute atomic E-state index is 0.0111. The Morgan fingerprint density at radius 1 is 1.29 bits per heavy atom. The van der Waals surface area contributed by atoms with Gasteiger partial charge in [-0.15, -0.1) is 11.8 Å². The number of carbonyl (C=O) groups excluding carboxylic acids is 1. The second-order valence-corrected chi connectivity index (χ2v) is 5.80. The van der Waals surface area contributed by atoms with Gasteiger partial charge in [0, 0.05) is 4.90 Å². The molecule has 2 aromatic carbocycles. The predicted octanol–water partition coefficient (Wildman–Crippen LogP) is 3.67. The molecule has 21 heavy (non-hydrogen) atoms. The molecule has 0 aliphatic heterocycles. The van der Waals surface area contributed by atoms with E-state index in [0.29, 0.717) is 16.0 Å². The van der Waals surface area contributed by atoms with E-state index < -0.39 is 17.0 Å². The van der Waals surface area contributed by atoms with E-state index in [2.05, 4.69) is 0 Å². The lowest BCUT2D eigenvalue weighted by atomic mass is 10.1. The Kier molecular flexibility index (Phi) is 4.84. The average molecular weight is 321 g/mol. The first-order valence-corrected chi connectivity index (χ1v) is 7.18. The van der Waals surface area contributed by atoms with Crippen molar-refractivity contribution in [3.63, 3.8) is 0 Å². The maximum Gasteiger partial charge on any atom is 0.235 e. The second-order valence-electron chi connectivity index (χ2n) is 4.21. The molecule has 2 N–H and O–H groups in total. The number of nitrogens with zero attached hydrogens (tertiary/aromatic N) is 1. The van der Waals surface area contributed by atoms with E-state index in [9.17, 15) is 9.18 Å². The number of halogens is 2. The molecule has 0 bridgehead atoms. The molecule has 0 radical (unpaired) electrons. The lowest BCUT2D eigenvalue weighted by Crippen LogP contribution is -2.18. The first kappa shape index (κ1) is 15.4. The zero-order chi connectivity index (χ0) is 15.4. The molecule has 2 rings (SSSR count). The van der Waals surface area contributed by atoms with Crippen LogP contribution in [0, 0.1) is 17.1 Å². The molecule has 0 spiro atoms. The fraction of sp³-hybridized carbons (Fsp3) is 0.0667. The van der Waals surface area contributed by atoms with Crippen LogP contribution in [0.5, 0.6) is 0 Å². The van der Waals surface area contributed by atoms with Crippen molar-refractivity contribution in [2.45, 2.75) is 10.1 Å². The van der Waals surface area contributed by atoms with Crippen LogP contribution in [-0.2, 0) is 4.79 Å². The highest BCUT2D eigenvalue weighted by Crippen LogP contribution is 2.36. The number of hydrogen-bond donors (Lipinski definition) is 1. The molecule has 2 aromatic rings. The van der Waals surface area contributed by atoms with Crippen molar-refractivity contribution in [2.24, 2.45) is 5.73 Å². The number of amides is 1. The van der Waals surface area contributed by atoms with Gasteiger partial charge in [-0.1, -0.05) is 23.7 Å². The number of hydrogen-bond acceptors (Lipinski definition) is 3. The van der Waals surface area contributed by atoms with Crippen molar-refractivity contribution in [1.82, 2.24) is 0 Å². The minimum Gasteiger partial charge on any atom is -0.368 e. The quantitative estimate of drug-likeness (QED) is 0.874. The van der Waals surface area contributed by atoms with Crippen LogP contribution in [0.4, 0.5) is 4.39 Å². The van der Waals surface area contributed by atoms with E-state index in [1.807, 2.05) is 6.07 Å². The third-order valence-electron chi connectivity index (χ3n) is 2.75. The zero-order valence-corrected chi connectivity index (χ0v) is 12.3. The lowest BCUT2D eigenvalue weighted by Gasteiger charge is -2.14. The molecule has 0 unspecified atom stereocenters. The number of nitrogens with two attached hydrogens (primary N) is 1. The Labute approximate surface area is 130 Å². The number of nitriles is 1. The summed E-state index contributed by atoms with van der Waals surface area (Å²) in [7, 11) is 0. The first-order chi connectivity index (χ1) is 10.0. The zero-order valence-electron chi connectivity index (χ0n) is 10.7. The SMILES string of the molecule is N#Cc1ccc([C@@H](Sc2ccc(F)c(Cl)c2)C(N)=O)cc1. The molecule has 0 saturated heterocycles. The van der Waals surface area contributed by atoms with Crippen LogP contribution >= 0.6 is 23.4 Å². The van der Waals surface area contributed by atoms with Crippen LogP contribution < -0.4 is 5.73 Å². The van der Waals surface area contributed by atoms with Gasteiger partial charge in [0.15, 0.2) is 0 Å². The number of carbonyl (C=O) groups is 1. The fourth-order valence-corrected chi connectivity index (χ4v) is 2.97. The standard InChI is InChI=1S/C15H10ClFN2OS/c16-12-7-11(5-6-13(12)17)21-14(15(19)20)10-3-1-9(8-18)2-4-10/h1-7,14H,(H2,19,20)/t14-/m1/s1. The summed E-state index contributed by atoms with van der Waals surface area (Å²) in [6, 6.07) is 12.8. The Morgan fingerprint density at radius 2 is 1.95 bits per heavy atom. The molecule has 1 atom stereocenters. The van der Waals surface area contributed by atoms with Crippen molar-refractivity contribution >= 4 is 29.3 Å². The summed E-state index contributed by atoms with van der Waals surface area (Å²) in [5.74, 6) is -1.04. The summed E-state index contributed by atoms with van der Waals surface area (Å²) in [6.45, 7) is 0. The molecular weight excluding hydrogens is 311 g/mol. The molecule has 0 fully saturated rings. The van der Waals surface area contributed by atoms with Gasteiger partial charge in [0.05, 0.1) is 16.7 Å². The van der Waals surface area contributed by atoms with Crippen molar-refractivity contribution in [3.05, 3.63) is 64.4 Å². The van der Waals surface area contributed by atoms with Gasteiger partial charge in [-0.2, -0.15) is 5.26 Å². The number of benzene rings is 2. The van der Waals surface area contributed by atoms with Crippen molar-refractivity contribution in [1.29, 1.82) is 5.26 Å². The Hall–Kier alpha value is -2.03. The van der Waals surface area contributed by atoms with Crippen LogP contribution in [0.25, 0.3) is 0 Å². The van der Waals surface area contributed by atoms with Gasteiger partial charge in [-0.3, -0.25) is 4.79 Å². The summed E-state index contributed by atoms with van der Waals surface area (Å²) in [4.78, 5) is 12.3. The summed E-state index contributed by atoms with van der Waals surface area (Å²) in [5, 5.41) is 8.12. The van der Waals surface area contributed by atoms with Crippen molar-refractivity contribution in [3.8, 4) is 6.07 Å². The van der Waals surface area contributed by atoms with Crippen molar-refractivity contribution < 1.29 is 9.18 Å². The number of thioether (sulfide) groups is 1. The van der Waals surface area contributed by atoms with Gasteiger partial charge in [0.25, 0.3) is 0 Å². The van der Waals surface area contributed by atoms with Crippen LogP contribution in [0.1, 0.15) is 16.4 Å². The highest BCUT2D eigenvalue weighted by Gasteiger charge is 2.19. The maximum absolute atomic E-state index is 13.1. The predicted molar refractivity (Wildman–Crippen MR) is 80.4 cm³/mol. The smallest absolute Gasteiger partial charge is 0.235 e. The number of primary amides is 1. The fourth-order valence-electron chi connectivity index (χ4n) is 1.71. The molecule has 1 amide bonds. The van der Waals surface area contributed by atoms with Gasteiger partial charge < -0.3 is 5.73 Å². The van der Waals surface area contributed by atoms with Crippen LogP contribution in [-0.4, -0.2) is 5.91 Å². The summed E-state index contributed by atoms with van der Waals surface area (Å²) >= 11 is 6.90. The van der Waals surface area contributed by atoms with Crippen molar-refractivity contribution in [2.75, 3.05) is 0 Å². The lowest BCUT2D eigenvalue weighted by molar-refractivity contribution is -0.117. The average Bonchev–Trinajstić information content (AvgIpc) is 2.48. The molecular formula is C15H10ClFN2OS. The molecule has 6 heteroatoms. The Morgan fingerprint density at radius 3 is 2.48 bits per heavy atom. The van der Waals surface area contributed by atoms with E-state index in [-0.39, 0.29) is 5.02 Å². The Bertz CT molecular complexity index is 713. The molecule has 0 aromatic heterocycles. The second kappa shape index (κ2) is 6.61. The van der Waals surface area contributed by atoms with Gasteiger partial charge in [-0.25, -0.2) is 4.39 Å². The molecule has 0 aliphatic rings. The van der Waals surface area contributed by atoms with Gasteiger partial charge in [0.2, 0.25) is 5.91 Å². The Balaban J connectivity index is 2.28. The van der Waals surface area contributed by atoms with E-state index in [0.717, 1.165) is 0 Å². The third kappa shape index (κ3) is 3.75. The normalized spacial score (nSPS) is 11.7. The third-order valence-corrected chi connectivity index (χ3v) is 4.30. The van der Waals surface area contributed by atoms with Crippen LogP contribution in [0.3, 0.4) is 0 Å². The number of rotatable bonds is 4. The van der Waals surface area contributed by atoms with Crippen LogP contribution in [0.15, 0.2) is 47.4 Å². The molecule has 0 saturated carbocycles. The van der Waals surface area contributed by atoms with Crippen LogP contribution in [0.2, 0.25) is 5.02 Å². The van der Waals surface area contributed by atoms with Gasteiger partial charge >= 0.3 is 0 Å². The van der Waals surface area contributed by atoms with E-state index in [1.54, 1.807) is 24.3 Å². The molecule has 0 aliphatic carbocycles. The first-order valence-electron chi connectivity index (χ1n) is 5.92. The summed E-state index contributed by atoms with van der Waals surface area (Å²) in [6.07, 6.45) is 0. The van der Waals surface area contributed by atoms with E-state index >= 15 is 0 Å². The minimum atomic E-state index is -0.640.